The fourth-order valence-electron chi connectivity index (χ4n) is 6.62. The molecule has 3 atom stereocenters. The van der Waals surface area contributed by atoms with Crippen LogP contribution in [-0.4, -0.2) is 56.0 Å². The molecule has 3 aromatic carbocycles. The summed E-state index contributed by atoms with van der Waals surface area (Å²) in [6.45, 7) is 9.92. The molecule has 2 heterocycles. The Morgan fingerprint density at radius 1 is 1.15 bits per heavy atom. The lowest BCUT2D eigenvalue weighted by molar-refractivity contribution is 0.0697. The van der Waals surface area contributed by atoms with Crippen molar-refractivity contribution in [3.8, 4) is 11.1 Å². The summed E-state index contributed by atoms with van der Waals surface area (Å²) >= 11 is 1.28. The number of nitrogens with one attached hydrogen (secondary N) is 2. The van der Waals surface area contributed by atoms with Gasteiger partial charge in [0.2, 0.25) is 0 Å². The first kappa shape index (κ1) is 33.4. The molecule has 0 aliphatic carbocycles. The quantitative estimate of drug-likeness (QED) is 0.129. The number of carbonyl (C=O) groups is 3. The van der Waals surface area contributed by atoms with E-state index in [4.69, 9.17) is 4.98 Å². The van der Waals surface area contributed by atoms with E-state index in [-0.39, 0.29) is 28.8 Å². The molecule has 8 nitrogen and oxygen atoms in total. The number of hydrogen-bond donors (Lipinski definition) is 3. The SMILES string of the molecule is CCCc1nc2c(C)cc(C(=O)N[C@H](CC(C)C)C(SC=O)[C@@H]3CCCN3)cc2n1Cc1ccc(-c2ccccc2C(=O)O)cc1. The molecule has 4 aromatic rings. The van der Waals surface area contributed by atoms with Gasteiger partial charge in [-0.05, 0) is 85.5 Å². The summed E-state index contributed by atoms with van der Waals surface area (Å²) in [6.07, 6.45) is 4.58. The number of carboxylic acid groups (broad SMARTS) is 1. The lowest BCUT2D eigenvalue weighted by Gasteiger charge is -2.32. The van der Waals surface area contributed by atoms with Crippen molar-refractivity contribution in [2.75, 3.05) is 6.54 Å². The summed E-state index contributed by atoms with van der Waals surface area (Å²) in [7, 11) is 0. The zero-order valence-corrected chi connectivity index (χ0v) is 27.9. The van der Waals surface area contributed by atoms with E-state index in [1.807, 2.05) is 55.5 Å². The van der Waals surface area contributed by atoms with Gasteiger partial charge in [-0.15, -0.1) is 0 Å². The molecule has 1 saturated heterocycles. The van der Waals surface area contributed by atoms with Crippen LogP contribution in [0.2, 0.25) is 0 Å². The molecule has 242 valence electrons. The van der Waals surface area contributed by atoms with E-state index in [1.165, 1.54) is 11.8 Å². The van der Waals surface area contributed by atoms with Crippen LogP contribution in [-0.2, 0) is 17.8 Å². The molecule has 1 aromatic heterocycles. The highest BCUT2D eigenvalue weighted by Crippen LogP contribution is 2.29. The summed E-state index contributed by atoms with van der Waals surface area (Å²) in [5, 5.41) is 16.5. The first-order valence-corrected chi connectivity index (χ1v) is 17.2. The Bertz CT molecular complexity index is 1690. The van der Waals surface area contributed by atoms with Crippen molar-refractivity contribution in [1.29, 1.82) is 0 Å². The lowest BCUT2D eigenvalue weighted by Crippen LogP contribution is -2.50. The average Bonchev–Trinajstić information content (AvgIpc) is 3.69. The van der Waals surface area contributed by atoms with E-state index in [2.05, 4.69) is 36.0 Å². The van der Waals surface area contributed by atoms with Crippen LogP contribution in [0.4, 0.5) is 0 Å². The molecule has 0 bridgehead atoms. The van der Waals surface area contributed by atoms with Gasteiger partial charge in [-0.3, -0.25) is 9.59 Å². The highest BCUT2D eigenvalue weighted by Gasteiger charge is 2.33. The number of fused-ring (bicyclic) bond motifs is 1. The van der Waals surface area contributed by atoms with Gasteiger partial charge >= 0.3 is 5.97 Å². The van der Waals surface area contributed by atoms with Gasteiger partial charge in [0, 0.05) is 35.9 Å². The number of carboxylic acids is 1. The predicted octanol–water partition coefficient (Wildman–Crippen LogP) is 6.90. The number of thioether (sulfide) groups is 1. The van der Waals surface area contributed by atoms with Gasteiger partial charge in [0.05, 0.1) is 16.6 Å². The van der Waals surface area contributed by atoms with Crippen LogP contribution in [0.25, 0.3) is 22.2 Å². The molecule has 5 rings (SSSR count). The summed E-state index contributed by atoms with van der Waals surface area (Å²) in [5.41, 5.74) is 7.07. The summed E-state index contributed by atoms with van der Waals surface area (Å²) in [4.78, 5) is 42.4. The van der Waals surface area contributed by atoms with Crippen LogP contribution < -0.4 is 10.6 Å². The van der Waals surface area contributed by atoms with Crippen molar-refractivity contribution in [3.05, 3.63) is 88.7 Å². The molecule has 1 aliphatic heterocycles. The maximum atomic E-state index is 13.9. The van der Waals surface area contributed by atoms with Crippen molar-refractivity contribution in [2.24, 2.45) is 5.92 Å². The van der Waals surface area contributed by atoms with Crippen LogP contribution in [0, 0.1) is 12.8 Å². The van der Waals surface area contributed by atoms with Crippen LogP contribution in [0.3, 0.4) is 0 Å². The van der Waals surface area contributed by atoms with Crippen molar-refractivity contribution in [3.63, 3.8) is 0 Å². The third-order valence-electron chi connectivity index (χ3n) is 8.77. The highest BCUT2D eigenvalue weighted by molar-refractivity contribution is 8.12. The van der Waals surface area contributed by atoms with Gasteiger partial charge in [0.25, 0.3) is 5.91 Å². The predicted molar refractivity (Wildman–Crippen MR) is 186 cm³/mol. The van der Waals surface area contributed by atoms with Gasteiger partial charge in [-0.2, -0.15) is 0 Å². The Morgan fingerprint density at radius 2 is 1.91 bits per heavy atom. The van der Waals surface area contributed by atoms with E-state index in [0.29, 0.717) is 23.6 Å². The molecule has 9 heteroatoms. The molecule has 1 amide bonds. The van der Waals surface area contributed by atoms with Crippen LogP contribution >= 0.6 is 11.8 Å². The second-order valence-electron chi connectivity index (χ2n) is 12.7. The third-order valence-corrected chi connectivity index (χ3v) is 9.85. The lowest BCUT2D eigenvalue weighted by atomic mass is 9.95. The van der Waals surface area contributed by atoms with Crippen molar-refractivity contribution in [2.45, 2.75) is 83.7 Å². The average molecular weight is 641 g/mol. The molecule has 0 radical (unpaired) electrons. The Kier molecular flexibility index (Phi) is 11.0. The van der Waals surface area contributed by atoms with E-state index >= 15 is 0 Å². The van der Waals surface area contributed by atoms with E-state index in [1.54, 1.807) is 12.1 Å². The molecule has 46 heavy (non-hydrogen) atoms. The molecule has 1 unspecified atom stereocenters. The normalized spacial score (nSPS) is 16.1. The van der Waals surface area contributed by atoms with Crippen LogP contribution in [0.5, 0.6) is 0 Å². The van der Waals surface area contributed by atoms with Crippen molar-refractivity contribution < 1.29 is 19.5 Å². The Labute approximate surface area is 275 Å². The minimum absolute atomic E-state index is 0.0386. The summed E-state index contributed by atoms with van der Waals surface area (Å²) in [6, 6.07) is 18.9. The van der Waals surface area contributed by atoms with E-state index < -0.39 is 5.97 Å². The van der Waals surface area contributed by atoms with Crippen LogP contribution in [0.15, 0.2) is 60.7 Å². The van der Waals surface area contributed by atoms with Crippen LogP contribution in [0.1, 0.15) is 84.1 Å². The largest absolute Gasteiger partial charge is 0.478 e. The monoisotopic (exact) mass is 640 g/mol. The van der Waals surface area contributed by atoms with Crippen molar-refractivity contribution in [1.82, 2.24) is 20.2 Å². The molecule has 1 aliphatic rings. The maximum absolute atomic E-state index is 13.9. The third kappa shape index (κ3) is 7.53. The Hall–Kier alpha value is -3.95. The van der Waals surface area contributed by atoms with Crippen molar-refractivity contribution >= 4 is 40.3 Å². The maximum Gasteiger partial charge on any atom is 0.336 e. The Morgan fingerprint density at radius 3 is 2.57 bits per heavy atom. The molecule has 1 fully saturated rings. The summed E-state index contributed by atoms with van der Waals surface area (Å²) in [5.74, 6) is 0.225. The first-order chi connectivity index (χ1) is 22.2. The molecular weight excluding hydrogens is 596 g/mol. The summed E-state index contributed by atoms with van der Waals surface area (Å²) < 4.78 is 2.20. The number of aromatic carboxylic acids is 1. The standard InChI is InChI=1S/C37H44N4O4S/c1-5-9-33-40-34-24(4)19-27(36(43)39-31(18-23(2)3)35(46-22-42)30-12-8-17-38-30)20-32(34)41(33)21-25-13-15-26(16-14-25)28-10-6-7-11-29(28)37(44)45/h6-7,10-11,13-16,19-20,22-23,30-31,35,38H,5,8-9,12,17-18,21H2,1-4H3,(H,39,43)(H,44,45)/t30-,31+,35?/m0/s1. The zero-order chi connectivity index (χ0) is 32.8. The van der Waals surface area contributed by atoms with E-state index in [0.717, 1.165) is 77.8 Å². The number of rotatable bonds is 14. The van der Waals surface area contributed by atoms with Gasteiger partial charge in [-0.1, -0.05) is 75.0 Å². The Balaban J connectivity index is 1.46. The number of carbonyl (C=O) groups excluding carboxylic acids is 2. The number of hydrogen-bond acceptors (Lipinski definition) is 6. The number of amides is 1. The second kappa shape index (κ2) is 15.1. The number of aryl methyl sites for hydroxylation is 2. The molecule has 0 saturated carbocycles. The number of imidazole rings is 1. The minimum atomic E-state index is -0.951. The number of aromatic nitrogens is 2. The van der Waals surface area contributed by atoms with E-state index in [9.17, 15) is 19.5 Å². The zero-order valence-electron chi connectivity index (χ0n) is 27.1. The smallest absolute Gasteiger partial charge is 0.336 e. The van der Waals surface area contributed by atoms with Gasteiger partial charge in [0.1, 0.15) is 5.82 Å². The van der Waals surface area contributed by atoms with Gasteiger partial charge < -0.3 is 20.3 Å². The highest BCUT2D eigenvalue weighted by atomic mass is 32.2. The molecule has 0 spiro atoms. The fraction of sp³-hybridized carbons (Fsp3) is 0.405. The number of benzene rings is 3. The topological polar surface area (TPSA) is 113 Å². The fourth-order valence-corrected chi connectivity index (χ4v) is 7.54. The number of nitrogens with zero attached hydrogens (tertiary/aromatic N) is 2. The first-order valence-electron chi connectivity index (χ1n) is 16.2. The minimum Gasteiger partial charge on any atom is -0.478 e. The van der Waals surface area contributed by atoms with Gasteiger partial charge in [-0.25, -0.2) is 9.78 Å². The molecule has 3 N–H and O–H groups in total. The molecular formula is C37H44N4O4S. The van der Waals surface area contributed by atoms with Gasteiger partial charge in [0.15, 0.2) is 5.62 Å². The second-order valence-corrected chi connectivity index (χ2v) is 13.7.